The van der Waals surface area contributed by atoms with Crippen LogP contribution in [0, 0.1) is 5.92 Å². The molecule has 7 heteroatoms. The Bertz CT molecular complexity index is 931. The van der Waals surface area contributed by atoms with Gasteiger partial charge in [-0.2, -0.15) is 0 Å². The maximum atomic E-state index is 11.3. The number of nitrogens with one attached hydrogen (secondary N) is 1. The van der Waals surface area contributed by atoms with Crippen molar-refractivity contribution in [3.05, 3.63) is 47.8 Å². The minimum absolute atomic E-state index is 0.0864. The summed E-state index contributed by atoms with van der Waals surface area (Å²) in [6.45, 7) is 8.22. The summed E-state index contributed by atoms with van der Waals surface area (Å²) in [6.07, 6.45) is 8.05. The van der Waals surface area contributed by atoms with Gasteiger partial charge in [0.25, 0.3) is 0 Å². The molecule has 168 valence electrons. The maximum absolute atomic E-state index is 11.3. The van der Waals surface area contributed by atoms with Crippen molar-refractivity contribution < 1.29 is 10.0 Å². The molecular weight excluding hydrogens is 390 g/mol. The van der Waals surface area contributed by atoms with E-state index >= 15 is 0 Å². The van der Waals surface area contributed by atoms with E-state index in [1.165, 1.54) is 48.7 Å². The van der Waals surface area contributed by atoms with Gasteiger partial charge < -0.3 is 4.57 Å². The van der Waals surface area contributed by atoms with Crippen LogP contribution in [0.4, 0.5) is 0 Å². The summed E-state index contributed by atoms with van der Waals surface area (Å²) in [5.74, 6) is -0.119. The molecule has 7 nitrogen and oxygen atoms in total. The van der Waals surface area contributed by atoms with E-state index in [2.05, 4.69) is 66.0 Å². The summed E-state index contributed by atoms with van der Waals surface area (Å²) < 4.78 is 2.46. The molecule has 1 aliphatic heterocycles. The number of benzene rings is 1. The largest absolute Gasteiger partial charge is 0.343 e. The topological polar surface area (TPSA) is 82.2 Å². The van der Waals surface area contributed by atoms with Crippen LogP contribution in [0.15, 0.2) is 52.4 Å². The minimum Gasteiger partial charge on any atom is -0.343 e. The second-order valence-corrected chi connectivity index (χ2v) is 8.60. The molecule has 2 aromatic rings. The highest BCUT2D eigenvalue weighted by Gasteiger charge is 2.30. The zero-order valence-corrected chi connectivity index (χ0v) is 18.9. The van der Waals surface area contributed by atoms with Crippen LogP contribution in [-0.4, -0.2) is 27.2 Å². The van der Waals surface area contributed by atoms with Crippen LogP contribution < -0.4 is 5.48 Å². The van der Waals surface area contributed by atoms with Gasteiger partial charge in [0.15, 0.2) is 0 Å². The summed E-state index contributed by atoms with van der Waals surface area (Å²) in [7, 11) is 0. The average molecular weight is 426 g/mol. The molecule has 2 heterocycles. The van der Waals surface area contributed by atoms with Crippen molar-refractivity contribution in [3.8, 4) is 0 Å². The molecule has 31 heavy (non-hydrogen) atoms. The molecule has 0 radical (unpaired) electrons. The van der Waals surface area contributed by atoms with Gasteiger partial charge in [0.2, 0.25) is 5.91 Å². The first-order valence-corrected chi connectivity index (χ1v) is 11.4. The van der Waals surface area contributed by atoms with Crippen LogP contribution in [0.25, 0.3) is 10.9 Å². The Hall–Kier alpha value is -2.67. The third-order valence-corrected chi connectivity index (χ3v) is 5.84. The standard InChI is InChI=1S/C24H35N5O2/c1-4-5-6-7-10-15-28-21-12-9-8-11-19(21)16-22(28)24(18(2)3)29-17-20(25-27-29)13-14-23(30)26-31/h8-9,11-13,16,18,24,31H,4-7,10,14-15,17H2,1-3H3,(H,26,30)/b20-13-. The molecule has 1 unspecified atom stereocenters. The van der Waals surface area contributed by atoms with Gasteiger partial charge in [-0.05, 0) is 35.9 Å². The number of nitrogens with zero attached hydrogens (tertiary/aromatic N) is 4. The maximum Gasteiger partial charge on any atom is 0.247 e. The Labute approximate surface area is 184 Å². The molecule has 1 atom stereocenters. The monoisotopic (exact) mass is 425 g/mol. The number of aryl methyl sites for hydroxylation is 1. The Morgan fingerprint density at radius 1 is 1.23 bits per heavy atom. The molecule has 0 spiro atoms. The lowest BCUT2D eigenvalue weighted by atomic mass is 9.99. The molecule has 0 bridgehead atoms. The number of para-hydroxylation sites is 1. The molecule has 3 rings (SSSR count). The first kappa shape index (κ1) is 23.0. The van der Waals surface area contributed by atoms with E-state index < -0.39 is 5.91 Å². The van der Waals surface area contributed by atoms with Crippen molar-refractivity contribution in [1.82, 2.24) is 15.1 Å². The van der Waals surface area contributed by atoms with E-state index in [0.29, 0.717) is 12.5 Å². The molecule has 1 aliphatic rings. The van der Waals surface area contributed by atoms with Gasteiger partial charge in [-0.3, -0.25) is 15.0 Å². The van der Waals surface area contributed by atoms with Gasteiger partial charge in [0, 0.05) is 24.2 Å². The lowest BCUT2D eigenvalue weighted by molar-refractivity contribution is -0.128. The van der Waals surface area contributed by atoms with Gasteiger partial charge in [-0.25, -0.2) is 5.48 Å². The number of rotatable bonds is 11. The number of aromatic nitrogens is 1. The van der Waals surface area contributed by atoms with Crippen LogP contribution >= 0.6 is 0 Å². The Morgan fingerprint density at radius 2 is 2.00 bits per heavy atom. The van der Waals surface area contributed by atoms with E-state index in [1.54, 1.807) is 11.6 Å². The molecule has 1 aromatic carbocycles. The van der Waals surface area contributed by atoms with Gasteiger partial charge in [-0.1, -0.05) is 69.9 Å². The summed E-state index contributed by atoms with van der Waals surface area (Å²) in [5.41, 5.74) is 4.93. The van der Waals surface area contributed by atoms with Crippen LogP contribution in [0.5, 0.6) is 0 Å². The number of amides is 1. The Kier molecular flexibility index (Phi) is 8.23. The zero-order chi connectivity index (χ0) is 22.2. The molecule has 0 fully saturated rings. The molecule has 1 amide bonds. The lowest BCUT2D eigenvalue weighted by Gasteiger charge is -2.29. The fraction of sp³-hybridized carbons (Fsp3) is 0.542. The number of hydrogen-bond donors (Lipinski definition) is 2. The molecule has 1 aromatic heterocycles. The first-order valence-electron chi connectivity index (χ1n) is 11.4. The van der Waals surface area contributed by atoms with Gasteiger partial charge in [-0.15, -0.1) is 5.11 Å². The van der Waals surface area contributed by atoms with Crippen LogP contribution in [0.2, 0.25) is 0 Å². The highest BCUT2D eigenvalue weighted by Crippen LogP contribution is 2.36. The molecule has 0 aliphatic carbocycles. The summed E-state index contributed by atoms with van der Waals surface area (Å²) in [6, 6.07) is 10.9. The number of unbranched alkanes of at least 4 members (excludes halogenated alkanes) is 4. The second kappa shape index (κ2) is 11.1. The highest BCUT2D eigenvalue weighted by molar-refractivity contribution is 5.81. The molecule has 0 saturated heterocycles. The van der Waals surface area contributed by atoms with Gasteiger partial charge in [0.1, 0.15) is 0 Å². The van der Waals surface area contributed by atoms with Crippen molar-refractivity contribution in [3.63, 3.8) is 0 Å². The van der Waals surface area contributed by atoms with Crippen LogP contribution in [0.3, 0.4) is 0 Å². The van der Waals surface area contributed by atoms with Gasteiger partial charge >= 0.3 is 0 Å². The Balaban J connectivity index is 1.84. The van der Waals surface area contributed by atoms with Crippen molar-refractivity contribution in [2.24, 2.45) is 16.3 Å². The van der Waals surface area contributed by atoms with E-state index in [0.717, 1.165) is 12.2 Å². The van der Waals surface area contributed by atoms with Crippen molar-refractivity contribution in [2.75, 3.05) is 6.54 Å². The van der Waals surface area contributed by atoms with E-state index in [1.807, 2.05) is 5.01 Å². The third kappa shape index (κ3) is 5.73. The van der Waals surface area contributed by atoms with Crippen molar-refractivity contribution >= 4 is 16.8 Å². The SMILES string of the molecule is CCCCCCCn1c(C(C(C)C)N2C/C(=C/CC(=O)NO)N=N2)cc2ccccc21. The number of hydrogen-bond acceptors (Lipinski definition) is 5. The fourth-order valence-electron chi connectivity index (χ4n) is 4.30. The number of carbonyl (C=O) groups excluding carboxylic acids is 1. The first-order chi connectivity index (χ1) is 15.0. The number of fused-ring (bicyclic) bond motifs is 1. The predicted octanol–water partition coefficient (Wildman–Crippen LogP) is 5.77. The van der Waals surface area contributed by atoms with Crippen molar-refractivity contribution in [2.45, 2.75) is 71.9 Å². The summed E-state index contributed by atoms with van der Waals surface area (Å²) in [5, 5.41) is 20.7. The third-order valence-electron chi connectivity index (χ3n) is 5.84. The molecular formula is C24H35N5O2. The highest BCUT2D eigenvalue weighted by atomic mass is 16.5. The van der Waals surface area contributed by atoms with Gasteiger partial charge in [0.05, 0.1) is 18.3 Å². The number of carbonyl (C=O) groups is 1. The average Bonchev–Trinajstić information content (AvgIpc) is 3.37. The molecule has 0 saturated carbocycles. The number of hydroxylamine groups is 1. The predicted molar refractivity (Wildman–Crippen MR) is 122 cm³/mol. The lowest BCUT2D eigenvalue weighted by Crippen LogP contribution is -2.28. The molecule has 2 N–H and O–H groups in total. The quantitative estimate of drug-likeness (QED) is 0.272. The minimum atomic E-state index is -0.454. The van der Waals surface area contributed by atoms with Crippen molar-refractivity contribution in [1.29, 1.82) is 0 Å². The smallest absolute Gasteiger partial charge is 0.247 e. The van der Waals surface area contributed by atoms with E-state index in [-0.39, 0.29) is 12.5 Å². The zero-order valence-electron chi connectivity index (χ0n) is 18.9. The van der Waals surface area contributed by atoms with E-state index in [9.17, 15) is 4.79 Å². The summed E-state index contributed by atoms with van der Waals surface area (Å²) >= 11 is 0. The van der Waals surface area contributed by atoms with Crippen LogP contribution in [0.1, 0.15) is 71.0 Å². The van der Waals surface area contributed by atoms with Crippen LogP contribution in [-0.2, 0) is 11.3 Å². The van der Waals surface area contributed by atoms with E-state index in [4.69, 9.17) is 5.21 Å². The Morgan fingerprint density at radius 3 is 2.74 bits per heavy atom. The fourth-order valence-corrected chi connectivity index (χ4v) is 4.30. The second-order valence-electron chi connectivity index (χ2n) is 8.60. The summed E-state index contributed by atoms with van der Waals surface area (Å²) in [4.78, 5) is 11.3. The normalized spacial score (nSPS) is 16.0.